The highest BCUT2D eigenvalue weighted by atomic mass is 19.4. The molecule has 1 N–H and O–H groups in total. The summed E-state index contributed by atoms with van der Waals surface area (Å²) in [6.07, 6.45) is -1.98. The average Bonchev–Trinajstić information content (AvgIpc) is 2.61. The molecule has 1 aromatic heterocycles. The van der Waals surface area contributed by atoms with E-state index in [0.717, 1.165) is 37.6 Å². The van der Waals surface area contributed by atoms with Gasteiger partial charge in [0, 0.05) is 29.2 Å². The maximum atomic E-state index is 13.3. The Morgan fingerprint density at radius 3 is 2.71 bits per heavy atom. The van der Waals surface area contributed by atoms with Crippen molar-refractivity contribution in [2.24, 2.45) is 0 Å². The van der Waals surface area contributed by atoms with Gasteiger partial charge in [-0.05, 0) is 37.8 Å². The van der Waals surface area contributed by atoms with Crippen molar-refractivity contribution in [3.8, 4) is 0 Å². The molecule has 0 unspecified atom stereocenters. The highest BCUT2D eigenvalue weighted by molar-refractivity contribution is 5.86. The van der Waals surface area contributed by atoms with Crippen molar-refractivity contribution in [1.29, 1.82) is 0 Å². The minimum atomic E-state index is -4.58. The Labute approximate surface area is 118 Å². The van der Waals surface area contributed by atoms with E-state index in [-0.39, 0.29) is 11.0 Å². The second-order valence-electron chi connectivity index (χ2n) is 5.28. The number of hydrogen-bond donors (Lipinski definition) is 1. The van der Waals surface area contributed by atoms with Gasteiger partial charge in [-0.25, -0.2) is 4.79 Å². The third kappa shape index (κ3) is 2.39. The molecular weight excluding hydrogens is 283 g/mol. The molecule has 0 saturated carbocycles. The summed E-state index contributed by atoms with van der Waals surface area (Å²) in [4.78, 5) is 11.6. The van der Waals surface area contributed by atoms with Gasteiger partial charge in [-0.1, -0.05) is 0 Å². The van der Waals surface area contributed by atoms with E-state index in [2.05, 4.69) is 5.32 Å². The average molecular weight is 297 g/mol. The third-order valence-corrected chi connectivity index (χ3v) is 3.83. The first-order valence-corrected chi connectivity index (χ1v) is 6.79. The lowest BCUT2D eigenvalue weighted by atomic mass is 9.99. The van der Waals surface area contributed by atoms with Gasteiger partial charge in [0.1, 0.15) is 5.58 Å². The highest BCUT2D eigenvalue weighted by Crippen LogP contribution is 2.38. The molecule has 6 heteroatoms. The quantitative estimate of drug-likeness (QED) is 0.751. The number of alkyl halides is 3. The number of halogens is 3. The molecular formula is C15H14F3NO2. The number of anilines is 1. The second-order valence-corrected chi connectivity index (χ2v) is 5.28. The number of aryl methyl sites for hydroxylation is 1. The van der Waals surface area contributed by atoms with Crippen LogP contribution in [0.3, 0.4) is 0 Å². The third-order valence-electron chi connectivity index (χ3n) is 3.83. The smallest absolute Gasteiger partial charge is 0.417 e. The Morgan fingerprint density at radius 2 is 2.00 bits per heavy atom. The van der Waals surface area contributed by atoms with Crippen LogP contribution in [-0.2, 0) is 12.6 Å². The molecule has 0 aliphatic carbocycles. The van der Waals surface area contributed by atoms with Crippen molar-refractivity contribution in [3.63, 3.8) is 0 Å². The zero-order valence-electron chi connectivity index (χ0n) is 11.4. The van der Waals surface area contributed by atoms with E-state index in [9.17, 15) is 18.0 Å². The molecule has 0 atom stereocenters. The molecule has 0 radical (unpaired) electrons. The van der Waals surface area contributed by atoms with Crippen molar-refractivity contribution >= 4 is 16.7 Å². The van der Waals surface area contributed by atoms with E-state index in [1.807, 2.05) is 0 Å². The summed E-state index contributed by atoms with van der Waals surface area (Å²) in [6.45, 7) is 1.92. The van der Waals surface area contributed by atoms with Crippen LogP contribution < -0.4 is 10.9 Å². The van der Waals surface area contributed by atoms with Gasteiger partial charge in [-0.3, -0.25) is 0 Å². The van der Waals surface area contributed by atoms with Crippen LogP contribution in [-0.4, -0.2) is 6.54 Å². The van der Waals surface area contributed by atoms with Gasteiger partial charge in [-0.15, -0.1) is 0 Å². The van der Waals surface area contributed by atoms with Crippen LogP contribution in [0.25, 0.3) is 11.0 Å². The largest absolute Gasteiger partial charge is 0.422 e. The van der Waals surface area contributed by atoms with Crippen LogP contribution in [0.5, 0.6) is 0 Å². The predicted octanol–water partition coefficient (Wildman–Crippen LogP) is 3.87. The van der Waals surface area contributed by atoms with Gasteiger partial charge in [0.25, 0.3) is 0 Å². The van der Waals surface area contributed by atoms with Crippen molar-refractivity contribution in [2.45, 2.75) is 32.4 Å². The maximum absolute atomic E-state index is 13.3. The van der Waals surface area contributed by atoms with Crippen molar-refractivity contribution in [3.05, 3.63) is 39.2 Å². The van der Waals surface area contributed by atoms with Gasteiger partial charge in [0.2, 0.25) is 0 Å². The van der Waals surface area contributed by atoms with Crippen LogP contribution in [0, 0.1) is 6.92 Å². The standard InChI is InChI=1S/C15H14F3NO2/c1-8-13(15(16,17)18)10-6-9-4-2-3-5-19-11(9)7-12(10)21-14(8)20/h6-7,19H,2-5H2,1H3. The topological polar surface area (TPSA) is 42.2 Å². The van der Waals surface area contributed by atoms with Crippen molar-refractivity contribution in [1.82, 2.24) is 0 Å². The Kier molecular flexibility index (Phi) is 3.19. The molecule has 1 aromatic carbocycles. The van der Waals surface area contributed by atoms with E-state index in [4.69, 9.17) is 4.42 Å². The highest BCUT2D eigenvalue weighted by Gasteiger charge is 2.36. The molecule has 0 saturated heterocycles. The van der Waals surface area contributed by atoms with Crippen LogP contribution >= 0.6 is 0 Å². The summed E-state index contributed by atoms with van der Waals surface area (Å²) in [5, 5.41) is 3.13. The summed E-state index contributed by atoms with van der Waals surface area (Å²) >= 11 is 0. The van der Waals surface area contributed by atoms with E-state index in [1.54, 1.807) is 0 Å². The van der Waals surface area contributed by atoms with Crippen LogP contribution in [0.4, 0.5) is 18.9 Å². The maximum Gasteiger partial charge on any atom is 0.417 e. The zero-order chi connectivity index (χ0) is 15.2. The summed E-state index contributed by atoms with van der Waals surface area (Å²) < 4.78 is 44.9. The van der Waals surface area contributed by atoms with E-state index in [1.165, 1.54) is 12.1 Å². The normalized spacial score (nSPS) is 15.4. The monoisotopic (exact) mass is 297 g/mol. The molecule has 3 rings (SSSR count). The Hall–Kier alpha value is -1.98. The number of nitrogens with one attached hydrogen (secondary N) is 1. The first-order valence-electron chi connectivity index (χ1n) is 6.79. The molecule has 21 heavy (non-hydrogen) atoms. The van der Waals surface area contributed by atoms with Crippen LogP contribution in [0.1, 0.15) is 29.5 Å². The van der Waals surface area contributed by atoms with E-state index in [0.29, 0.717) is 6.42 Å². The molecule has 0 spiro atoms. The lowest BCUT2D eigenvalue weighted by Crippen LogP contribution is -2.16. The zero-order valence-corrected chi connectivity index (χ0v) is 11.4. The van der Waals surface area contributed by atoms with Crippen LogP contribution in [0.2, 0.25) is 0 Å². The molecule has 112 valence electrons. The fourth-order valence-corrected chi connectivity index (χ4v) is 2.79. The fraction of sp³-hybridized carbons (Fsp3) is 0.400. The summed E-state index contributed by atoms with van der Waals surface area (Å²) in [6, 6.07) is 3.01. The SMILES string of the molecule is Cc1c(C(F)(F)F)c2cc3c(cc2oc1=O)NCCCC3. The number of benzene rings is 1. The summed E-state index contributed by atoms with van der Waals surface area (Å²) in [7, 11) is 0. The lowest BCUT2D eigenvalue weighted by molar-refractivity contribution is -0.137. The lowest BCUT2D eigenvalue weighted by Gasteiger charge is -2.15. The molecule has 2 aromatic rings. The summed E-state index contributed by atoms with van der Waals surface area (Å²) in [5.41, 5.74) is -0.661. The molecule has 1 aliphatic heterocycles. The van der Waals surface area contributed by atoms with Crippen LogP contribution in [0.15, 0.2) is 21.3 Å². The Balaban J connectivity index is 2.37. The van der Waals surface area contributed by atoms with Gasteiger partial charge in [-0.2, -0.15) is 13.2 Å². The minimum absolute atomic E-state index is 0.0222. The fourth-order valence-electron chi connectivity index (χ4n) is 2.79. The second kappa shape index (κ2) is 4.79. The number of rotatable bonds is 0. The Morgan fingerprint density at radius 1 is 1.24 bits per heavy atom. The van der Waals surface area contributed by atoms with Crippen molar-refractivity contribution in [2.75, 3.05) is 11.9 Å². The molecule has 2 heterocycles. The van der Waals surface area contributed by atoms with Gasteiger partial charge < -0.3 is 9.73 Å². The van der Waals surface area contributed by atoms with Gasteiger partial charge in [0.15, 0.2) is 0 Å². The molecule has 0 fully saturated rings. The molecule has 3 nitrogen and oxygen atoms in total. The summed E-state index contributed by atoms with van der Waals surface area (Å²) in [5.74, 6) is 0. The van der Waals surface area contributed by atoms with Gasteiger partial charge >= 0.3 is 11.8 Å². The molecule has 0 bridgehead atoms. The Bertz CT molecular complexity index is 762. The molecule has 1 aliphatic rings. The first-order chi connectivity index (χ1) is 9.88. The first kappa shape index (κ1) is 14.0. The van der Waals surface area contributed by atoms with E-state index < -0.39 is 22.9 Å². The molecule has 0 amide bonds. The number of hydrogen-bond acceptors (Lipinski definition) is 3. The predicted molar refractivity (Wildman–Crippen MR) is 73.7 cm³/mol. The van der Waals surface area contributed by atoms with Crippen molar-refractivity contribution < 1.29 is 17.6 Å². The van der Waals surface area contributed by atoms with Gasteiger partial charge in [0.05, 0.1) is 5.56 Å². The van der Waals surface area contributed by atoms with E-state index >= 15 is 0 Å². The minimum Gasteiger partial charge on any atom is -0.422 e. The number of fused-ring (bicyclic) bond motifs is 2.